The van der Waals surface area contributed by atoms with Crippen LogP contribution in [0.2, 0.25) is 0 Å². The van der Waals surface area contributed by atoms with E-state index in [2.05, 4.69) is 29.9 Å². The lowest BCUT2D eigenvalue weighted by Crippen LogP contribution is -2.02. The van der Waals surface area contributed by atoms with Gasteiger partial charge in [-0.1, -0.05) is 26.7 Å². The molecule has 0 saturated carbocycles. The summed E-state index contributed by atoms with van der Waals surface area (Å²) in [7, 11) is 0. The van der Waals surface area contributed by atoms with Crippen LogP contribution in [-0.4, -0.2) is 9.97 Å². The Hall–Kier alpha value is -0.920. The van der Waals surface area contributed by atoms with Crippen molar-refractivity contribution in [3.8, 4) is 0 Å². The van der Waals surface area contributed by atoms with Gasteiger partial charge in [0, 0.05) is 17.8 Å². The summed E-state index contributed by atoms with van der Waals surface area (Å²) in [5.41, 5.74) is 1.22. The Morgan fingerprint density at radius 3 is 2.71 bits per heavy atom. The van der Waals surface area contributed by atoms with Gasteiger partial charge in [0.15, 0.2) is 0 Å². The van der Waals surface area contributed by atoms with E-state index >= 15 is 0 Å². The third-order valence-electron chi connectivity index (χ3n) is 2.61. The Bertz CT molecular complexity index is 271. The molecule has 0 amide bonds. The molecule has 0 radical (unpaired) electrons. The molecule has 0 aromatic carbocycles. The highest BCUT2D eigenvalue weighted by atomic mass is 14.9. The van der Waals surface area contributed by atoms with E-state index in [0.717, 1.165) is 5.82 Å². The van der Waals surface area contributed by atoms with E-state index in [1.165, 1.54) is 31.4 Å². The van der Waals surface area contributed by atoms with Crippen molar-refractivity contribution in [1.82, 2.24) is 9.97 Å². The van der Waals surface area contributed by atoms with Gasteiger partial charge in [-0.2, -0.15) is 0 Å². The average molecular weight is 192 g/mol. The van der Waals surface area contributed by atoms with E-state index in [0.29, 0.717) is 5.92 Å². The molecule has 1 atom stereocenters. The highest BCUT2D eigenvalue weighted by Gasteiger charge is 2.09. The normalized spacial score (nSPS) is 12.8. The van der Waals surface area contributed by atoms with Gasteiger partial charge in [0.25, 0.3) is 0 Å². The van der Waals surface area contributed by atoms with Crippen molar-refractivity contribution >= 4 is 0 Å². The van der Waals surface area contributed by atoms with E-state index in [4.69, 9.17) is 0 Å². The number of aryl methyl sites for hydroxylation is 1. The largest absolute Gasteiger partial charge is 0.242 e. The zero-order valence-electron chi connectivity index (χ0n) is 9.45. The van der Waals surface area contributed by atoms with Crippen LogP contribution >= 0.6 is 0 Å². The monoisotopic (exact) mass is 192 g/mol. The Labute approximate surface area is 86.8 Å². The first kappa shape index (κ1) is 11.2. The molecule has 0 aliphatic rings. The van der Waals surface area contributed by atoms with Gasteiger partial charge in [-0.25, -0.2) is 9.97 Å². The van der Waals surface area contributed by atoms with Crippen LogP contribution in [0.15, 0.2) is 12.3 Å². The fourth-order valence-electron chi connectivity index (χ4n) is 1.71. The Balaban J connectivity index is 2.68. The van der Waals surface area contributed by atoms with Gasteiger partial charge in [-0.15, -0.1) is 0 Å². The zero-order chi connectivity index (χ0) is 10.4. The van der Waals surface area contributed by atoms with Crippen molar-refractivity contribution < 1.29 is 0 Å². The van der Waals surface area contributed by atoms with Crippen molar-refractivity contribution in [2.45, 2.75) is 52.4 Å². The number of hydrogen-bond donors (Lipinski definition) is 0. The molecule has 14 heavy (non-hydrogen) atoms. The maximum atomic E-state index is 4.49. The van der Waals surface area contributed by atoms with Crippen molar-refractivity contribution in [3.63, 3.8) is 0 Å². The van der Waals surface area contributed by atoms with E-state index < -0.39 is 0 Å². The molecule has 1 unspecified atom stereocenters. The summed E-state index contributed by atoms with van der Waals surface area (Å²) in [6.45, 7) is 6.42. The molecule has 1 aromatic heterocycles. The summed E-state index contributed by atoms with van der Waals surface area (Å²) >= 11 is 0. The molecule has 0 bridgehead atoms. The molecule has 0 aliphatic carbocycles. The molecule has 1 heterocycles. The Morgan fingerprint density at radius 2 is 2.14 bits per heavy atom. The summed E-state index contributed by atoms with van der Waals surface area (Å²) in [4.78, 5) is 8.61. The highest BCUT2D eigenvalue weighted by molar-refractivity contribution is 5.07. The maximum absolute atomic E-state index is 4.49. The Morgan fingerprint density at radius 1 is 1.36 bits per heavy atom. The summed E-state index contributed by atoms with van der Waals surface area (Å²) in [6, 6.07) is 2.05. The smallest absolute Gasteiger partial charge is 0.125 e. The van der Waals surface area contributed by atoms with E-state index in [-0.39, 0.29) is 0 Å². The summed E-state index contributed by atoms with van der Waals surface area (Å²) in [5.74, 6) is 1.51. The van der Waals surface area contributed by atoms with Crippen molar-refractivity contribution in [1.29, 1.82) is 0 Å². The van der Waals surface area contributed by atoms with E-state index in [9.17, 15) is 0 Å². The first-order valence-electron chi connectivity index (χ1n) is 5.57. The molecule has 2 heteroatoms. The molecule has 78 valence electrons. The van der Waals surface area contributed by atoms with Crippen LogP contribution in [0, 0.1) is 6.92 Å². The van der Waals surface area contributed by atoms with Gasteiger partial charge in [0.05, 0.1) is 0 Å². The molecule has 1 aromatic rings. The summed E-state index contributed by atoms with van der Waals surface area (Å²) in [6.07, 6.45) is 6.86. The van der Waals surface area contributed by atoms with Crippen LogP contribution in [-0.2, 0) is 0 Å². The van der Waals surface area contributed by atoms with Crippen molar-refractivity contribution in [3.05, 3.63) is 23.8 Å². The fraction of sp³-hybridized carbons (Fsp3) is 0.667. The molecular weight excluding hydrogens is 172 g/mol. The number of rotatable bonds is 5. The first-order valence-corrected chi connectivity index (χ1v) is 5.57. The second-order valence-corrected chi connectivity index (χ2v) is 3.78. The van der Waals surface area contributed by atoms with E-state index in [1.54, 1.807) is 0 Å². The molecule has 0 N–H and O–H groups in total. The lowest BCUT2D eigenvalue weighted by molar-refractivity contribution is 0.555. The number of hydrogen-bond acceptors (Lipinski definition) is 2. The number of aromatic nitrogens is 2. The van der Waals surface area contributed by atoms with Gasteiger partial charge in [0.2, 0.25) is 0 Å². The minimum atomic E-state index is 0.622. The second kappa shape index (κ2) is 5.74. The maximum Gasteiger partial charge on any atom is 0.125 e. The molecule has 0 spiro atoms. The van der Waals surface area contributed by atoms with Gasteiger partial charge >= 0.3 is 0 Å². The molecule has 2 nitrogen and oxygen atoms in total. The van der Waals surface area contributed by atoms with Crippen LogP contribution in [0.5, 0.6) is 0 Å². The van der Waals surface area contributed by atoms with Crippen LogP contribution in [0.4, 0.5) is 0 Å². The molecule has 0 fully saturated rings. The topological polar surface area (TPSA) is 25.8 Å². The first-order chi connectivity index (χ1) is 6.77. The van der Waals surface area contributed by atoms with Crippen LogP contribution in [0.1, 0.15) is 57.0 Å². The minimum Gasteiger partial charge on any atom is -0.242 e. The zero-order valence-corrected chi connectivity index (χ0v) is 9.45. The predicted molar refractivity (Wildman–Crippen MR) is 59.3 cm³/mol. The van der Waals surface area contributed by atoms with Gasteiger partial charge in [-0.05, 0) is 25.8 Å². The summed E-state index contributed by atoms with van der Waals surface area (Å²) in [5, 5.41) is 0. The van der Waals surface area contributed by atoms with Gasteiger partial charge < -0.3 is 0 Å². The predicted octanol–water partition coefficient (Wildman–Crippen LogP) is 3.47. The van der Waals surface area contributed by atoms with Crippen molar-refractivity contribution in [2.75, 3.05) is 0 Å². The highest BCUT2D eigenvalue weighted by Crippen LogP contribution is 2.23. The van der Waals surface area contributed by atoms with E-state index in [1.807, 2.05) is 13.1 Å². The van der Waals surface area contributed by atoms with Gasteiger partial charge in [-0.3, -0.25) is 0 Å². The van der Waals surface area contributed by atoms with Gasteiger partial charge in [0.1, 0.15) is 5.82 Å². The lowest BCUT2D eigenvalue weighted by atomic mass is 9.96. The molecule has 0 saturated heterocycles. The molecular formula is C12H20N2. The fourth-order valence-corrected chi connectivity index (χ4v) is 1.71. The number of unbranched alkanes of at least 4 members (excludes halogenated alkanes) is 1. The van der Waals surface area contributed by atoms with Crippen LogP contribution in [0.3, 0.4) is 0 Å². The van der Waals surface area contributed by atoms with Crippen molar-refractivity contribution in [2.24, 2.45) is 0 Å². The third kappa shape index (κ3) is 3.09. The SMILES string of the molecule is CCCCC(CC)c1ccnc(C)n1. The standard InChI is InChI=1S/C12H20N2/c1-4-6-7-11(5-2)12-8-9-13-10(3)14-12/h8-9,11H,4-7H2,1-3H3. The average Bonchev–Trinajstić information content (AvgIpc) is 2.19. The minimum absolute atomic E-state index is 0.622. The summed E-state index contributed by atoms with van der Waals surface area (Å²) < 4.78 is 0. The molecule has 1 rings (SSSR count). The third-order valence-corrected chi connectivity index (χ3v) is 2.61. The second-order valence-electron chi connectivity index (χ2n) is 3.78. The van der Waals surface area contributed by atoms with Crippen LogP contribution in [0.25, 0.3) is 0 Å². The lowest BCUT2D eigenvalue weighted by Gasteiger charge is -2.13. The number of nitrogens with zero attached hydrogens (tertiary/aromatic N) is 2. The molecule has 0 aliphatic heterocycles. The Kier molecular flexibility index (Phi) is 4.57. The van der Waals surface area contributed by atoms with Crippen LogP contribution < -0.4 is 0 Å². The quantitative estimate of drug-likeness (QED) is 0.714.